The minimum atomic E-state index is -0.0631. The predicted octanol–water partition coefficient (Wildman–Crippen LogP) is 2.11. The van der Waals surface area contributed by atoms with Crippen LogP contribution >= 0.6 is 0 Å². The molecule has 0 bridgehead atoms. The number of likely N-dealkylation sites (tertiary alicyclic amines) is 1. The van der Waals surface area contributed by atoms with E-state index in [1.807, 2.05) is 30.3 Å². The number of rotatable bonds is 3. The highest BCUT2D eigenvalue weighted by atomic mass is 16.5. The maximum Gasteiger partial charge on any atom is 0.259 e. The molecule has 1 aliphatic heterocycles. The van der Waals surface area contributed by atoms with E-state index in [1.54, 1.807) is 16.6 Å². The Morgan fingerprint density at radius 2 is 2.12 bits per heavy atom. The van der Waals surface area contributed by atoms with Crippen LogP contribution in [0.15, 0.2) is 41.1 Å². The first-order chi connectivity index (χ1) is 12.2. The lowest BCUT2D eigenvalue weighted by Crippen LogP contribution is -2.41. The summed E-state index contributed by atoms with van der Waals surface area (Å²) in [5, 5.41) is 16.5. The van der Waals surface area contributed by atoms with Gasteiger partial charge in [-0.3, -0.25) is 4.79 Å². The zero-order valence-electron chi connectivity index (χ0n) is 13.9. The smallest absolute Gasteiger partial charge is 0.259 e. The number of carbonyl (C=O) groups is 1. The number of aryl methyl sites for hydroxylation is 1. The quantitative estimate of drug-likeness (QED) is 0.726. The van der Waals surface area contributed by atoms with E-state index in [9.17, 15) is 4.79 Å². The molecule has 1 fully saturated rings. The summed E-state index contributed by atoms with van der Waals surface area (Å²) in [6.45, 7) is 3.00. The molecule has 4 rings (SSSR count). The van der Waals surface area contributed by atoms with Gasteiger partial charge in [-0.1, -0.05) is 35.5 Å². The average Bonchev–Trinajstić information content (AvgIpc) is 3.31. The number of piperidine rings is 1. The number of nitrogens with zero attached hydrogens (tertiary/aromatic N) is 6. The molecule has 0 N–H and O–H groups in total. The van der Waals surface area contributed by atoms with Crippen LogP contribution in [-0.4, -0.2) is 49.3 Å². The maximum absolute atomic E-state index is 12.6. The number of aromatic nitrogens is 5. The zero-order valence-corrected chi connectivity index (χ0v) is 13.9. The number of benzene rings is 1. The highest BCUT2D eigenvalue weighted by Gasteiger charge is 2.28. The molecular weight excluding hydrogens is 320 g/mol. The highest BCUT2D eigenvalue weighted by Crippen LogP contribution is 2.23. The Labute approximate surface area is 144 Å². The zero-order chi connectivity index (χ0) is 17.2. The van der Waals surface area contributed by atoms with Crippen molar-refractivity contribution in [3.8, 4) is 11.4 Å². The number of hydrogen-bond acceptors (Lipinski definition) is 6. The van der Waals surface area contributed by atoms with Gasteiger partial charge < -0.3 is 9.42 Å². The van der Waals surface area contributed by atoms with Crippen molar-refractivity contribution in [3.05, 3.63) is 47.9 Å². The molecule has 1 amide bonds. The molecule has 1 atom stereocenters. The second-order valence-electron chi connectivity index (χ2n) is 6.14. The number of carbonyl (C=O) groups excluding carboxylic acids is 1. The van der Waals surface area contributed by atoms with E-state index in [1.165, 1.54) is 6.20 Å². The molecule has 8 nitrogen and oxygen atoms in total. The van der Waals surface area contributed by atoms with E-state index in [0.29, 0.717) is 30.2 Å². The van der Waals surface area contributed by atoms with E-state index in [0.717, 1.165) is 18.4 Å². The van der Waals surface area contributed by atoms with Crippen LogP contribution in [0.2, 0.25) is 0 Å². The summed E-state index contributed by atoms with van der Waals surface area (Å²) in [5.74, 6) is 1.07. The molecule has 8 heteroatoms. The van der Waals surface area contributed by atoms with Crippen molar-refractivity contribution in [2.24, 2.45) is 0 Å². The summed E-state index contributed by atoms with van der Waals surface area (Å²) in [6, 6.07) is 9.75. The fraction of sp³-hybridized carbons (Fsp3) is 0.353. The molecule has 0 saturated carbocycles. The summed E-state index contributed by atoms with van der Waals surface area (Å²) in [5.41, 5.74) is 1.44. The third-order valence-corrected chi connectivity index (χ3v) is 4.45. The van der Waals surface area contributed by atoms with Crippen LogP contribution in [-0.2, 0) is 0 Å². The van der Waals surface area contributed by atoms with E-state index in [4.69, 9.17) is 4.52 Å². The van der Waals surface area contributed by atoms with Crippen molar-refractivity contribution in [1.29, 1.82) is 0 Å². The first kappa shape index (κ1) is 15.5. The van der Waals surface area contributed by atoms with Gasteiger partial charge in [0.15, 0.2) is 0 Å². The summed E-state index contributed by atoms with van der Waals surface area (Å²) < 4.78 is 5.00. The van der Waals surface area contributed by atoms with Crippen LogP contribution in [0, 0.1) is 6.92 Å². The van der Waals surface area contributed by atoms with Crippen molar-refractivity contribution in [3.63, 3.8) is 0 Å². The second kappa shape index (κ2) is 6.46. The molecular formula is C17H18N6O2. The molecule has 2 aromatic heterocycles. The van der Waals surface area contributed by atoms with Crippen molar-refractivity contribution in [1.82, 2.24) is 30.3 Å². The van der Waals surface area contributed by atoms with E-state index in [-0.39, 0.29) is 11.9 Å². The van der Waals surface area contributed by atoms with Gasteiger partial charge in [0.05, 0.1) is 12.2 Å². The van der Waals surface area contributed by atoms with Crippen LogP contribution < -0.4 is 0 Å². The summed E-state index contributed by atoms with van der Waals surface area (Å²) in [6.07, 6.45) is 3.28. The fourth-order valence-electron chi connectivity index (χ4n) is 3.08. The number of amides is 1. The van der Waals surface area contributed by atoms with Gasteiger partial charge >= 0.3 is 0 Å². The van der Waals surface area contributed by atoms with Gasteiger partial charge in [0, 0.05) is 18.7 Å². The Balaban J connectivity index is 1.51. The van der Waals surface area contributed by atoms with Gasteiger partial charge in [-0.15, -0.1) is 10.2 Å². The summed E-state index contributed by atoms with van der Waals surface area (Å²) in [4.78, 5) is 16.1. The number of hydrogen-bond donors (Lipinski definition) is 0. The van der Waals surface area contributed by atoms with Gasteiger partial charge in [-0.2, -0.15) is 4.80 Å². The minimum absolute atomic E-state index is 0.0165. The van der Waals surface area contributed by atoms with Crippen LogP contribution in [0.3, 0.4) is 0 Å². The lowest BCUT2D eigenvalue weighted by molar-refractivity contribution is 0.0661. The van der Waals surface area contributed by atoms with Gasteiger partial charge in [0.1, 0.15) is 11.3 Å². The minimum Gasteiger partial charge on any atom is -0.361 e. The number of tetrazole rings is 1. The van der Waals surface area contributed by atoms with Gasteiger partial charge in [-0.05, 0) is 25.0 Å². The van der Waals surface area contributed by atoms with Crippen molar-refractivity contribution in [2.75, 3.05) is 13.1 Å². The Morgan fingerprint density at radius 3 is 2.88 bits per heavy atom. The molecule has 1 unspecified atom stereocenters. The van der Waals surface area contributed by atoms with Crippen molar-refractivity contribution < 1.29 is 9.32 Å². The summed E-state index contributed by atoms with van der Waals surface area (Å²) >= 11 is 0. The van der Waals surface area contributed by atoms with Gasteiger partial charge in [0.2, 0.25) is 5.82 Å². The van der Waals surface area contributed by atoms with E-state index in [2.05, 4.69) is 20.6 Å². The first-order valence-corrected chi connectivity index (χ1v) is 8.28. The third-order valence-electron chi connectivity index (χ3n) is 4.45. The van der Waals surface area contributed by atoms with Crippen LogP contribution in [0.1, 0.15) is 35.0 Å². The highest BCUT2D eigenvalue weighted by molar-refractivity contribution is 5.94. The van der Waals surface area contributed by atoms with Crippen LogP contribution in [0.5, 0.6) is 0 Å². The van der Waals surface area contributed by atoms with Crippen molar-refractivity contribution >= 4 is 5.91 Å². The average molecular weight is 338 g/mol. The normalized spacial score (nSPS) is 17.6. The Hall–Kier alpha value is -3.03. The van der Waals surface area contributed by atoms with Gasteiger partial charge in [-0.25, -0.2) is 0 Å². The first-order valence-electron chi connectivity index (χ1n) is 8.28. The largest absolute Gasteiger partial charge is 0.361 e. The molecule has 25 heavy (non-hydrogen) atoms. The molecule has 1 aliphatic rings. The topological polar surface area (TPSA) is 89.9 Å². The van der Waals surface area contributed by atoms with E-state index < -0.39 is 0 Å². The van der Waals surface area contributed by atoms with Crippen LogP contribution in [0.4, 0.5) is 0 Å². The molecule has 3 aromatic rings. The molecule has 3 heterocycles. The fourth-order valence-corrected chi connectivity index (χ4v) is 3.08. The predicted molar refractivity (Wildman–Crippen MR) is 88.7 cm³/mol. The Bertz CT molecular complexity index is 872. The molecule has 0 aliphatic carbocycles. The Kier molecular flexibility index (Phi) is 4.01. The van der Waals surface area contributed by atoms with Gasteiger partial charge in [0.25, 0.3) is 5.91 Å². The molecule has 0 radical (unpaired) electrons. The second-order valence-corrected chi connectivity index (χ2v) is 6.14. The lowest BCUT2D eigenvalue weighted by atomic mass is 10.1. The molecule has 1 aromatic carbocycles. The lowest BCUT2D eigenvalue weighted by Gasteiger charge is -2.31. The SMILES string of the molecule is Cc1oncc1C(=O)N1CCCC(n2nnc(-c3ccccc3)n2)C1. The van der Waals surface area contributed by atoms with Crippen LogP contribution in [0.25, 0.3) is 11.4 Å². The van der Waals surface area contributed by atoms with Crippen molar-refractivity contribution in [2.45, 2.75) is 25.8 Å². The molecule has 128 valence electrons. The third kappa shape index (κ3) is 3.02. The standard InChI is InChI=1S/C17H18N6O2/c1-12-15(10-18-25-12)17(24)22-9-5-8-14(11-22)23-20-16(19-21-23)13-6-3-2-4-7-13/h2-4,6-7,10,14H,5,8-9,11H2,1H3. The van der Waals surface area contributed by atoms with E-state index >= 15 is 0 Å². The Morgan fingerprint density at radius 1 is 1.28 bits per heavy atom. The summed E-state index contributed by atoms with van der Waals surface area (Å²) in [7, 11) is 0. The molecule has 1 saturated heterocycles. The monoisotopic (exact) mass is 338 g/mol. The maximum atomic E-state index is 12.6. The molecule has 0 spiro atoms.